The lowest BCUT2D eigenvalue weighted by Crippen LogP contribution is -2.01. The first kappa shape index (κ1) is 12.6. The topological polar surface area (TPSA) is 63.1 Å². The van der Waals surface area contributed by atoms with Crippen LogP contribution in [0.2, 0.25) is 0 Å². The smallest absolute Gasteiger partial charge is 0.354 e. The average Bonchev–Trinajstić information content (AvgIpc) is 2.38. The zero-order chi connectivity index (χ0) is 13.0. The van der Waals surface area contributed by atoms with Crippen LogP contribution in [0.5, 0.6) is 0 Å². The van der Waals surface area contributed by atoms with Crippen LogP contribution in [0.3, 0.4) is 0 Å². The summed E-state index contributed by atoms with van der Waals surface area (Å²) >= 11 is 1.43. The molecule has 1 N–H and O–H groups in total. The summed E-state index contributed by atoms with van der Waals surface area (Å²) in [6.45, 7) is 2.05. The van der Waals surface area contributed by atoms with Crippen LogP contribution >= 0.6 is 11.8 Å². The molecule has 0 bridgehead atoms. The number of aromatic nitrogens is 2. The molecular weight excluding hydrogens is 248 g/mol. The minimum atomic E-state index is -1.03. The van der Waals surface area contributed by atoms with Gasteiger partial charge in [-0.05, 0) is 24.1 Å². The molecule has 0 unspecified atom stereocenters. The predicted octanol–water partition coefficient (Wildman–Crippen LogP) is 2.78. The Bertz CT molecular complexity index is 572. The predicted molar refractivity (Wildman–Crippen MR) is 69.7 cm³/mol. The number of aryl methyl sites for hydroxylation is 1. The Morgan fingerprint density at radius 1 is 1.33 bits per heavy atom. The van der Waals surface area contributed by atoms with Crippen LogP contribution in [-0.4, -0.2) is 21.0 Å². The molecule has 1 aromatic heterocycles. The standard InChI is InChI=1S/C13H12N2O2S/c1-9-4-2-3-5-10(9)8-18-13-14-7-6-11(15-13)12(16)17/h2-7H,8H2,1H3,(H,16,17). The second-order valence-electron chi connectivity index (χ2n) is 3.74. The van der Waals surface area contributed by atoms with E-state index in [2.05, 4.69) is 9.97 Å². The minimum Gasteiger partial charge on any atom is -0.477 e. The maximum atomic E-state index is 10.8. The van der Waals surface area contributed by atoms with E-state index in [0.717, 1.165) is 5.75 Å². The molecule has 0 atom stereocenters. The van der Waals surface area contributed by atoms with Crippen molar-refractivity contribution >= 4 is 17.7 Å². The third-order valence-electron chi connectivity index (χ3n) is 2.47. The Hall–Kier alpha value is -1.88. The summed E-state index contributed by atoms with van der Waals surface area (Å²) in [5.74, 6) is -0.300. The molecule has 0 aliphatic carbocycles. The number of nitrogens with zero attached hydrogens (tertiary/aromatic N) is 2. The molecular formula is C13H12N2O2S. The van der Waals surface area contributed by atoms with Gasteiger partial charge in [0.1, 0.15) is 0 Å². The van der Waals surface area contributed by atoms with E-state index < -0.39 is 5.97 Å². The first-order valence-corrected chi connectivity index (χ1v) is 6.39. The van der Waals surface area contributed by atoms with Gasteiger partial charge in [-0.25, -0.2) is 14.8 Å². The Balaban J connectivity index is 2.09. The Morgan fingerprint density at radius 2 is 2.11 bits per heavy atom. The van der Waals surface area contributed by atoms with Gasteiger partial charge in [-0.2, -0.15) is 0 Å². The molecule has 0 aliphatic heterocycles. The van der Waals surface area contributed by atoms with Gasteiger partial charge >= 0.3 is 5.97 Å². The van der Waals surface area contributed by atoms with Gasteiger partial charge in [-0.1, -0.05) is 36.0 Å². The van der Waals surface area contributed by atoms with Gasteiger partial charge in [0.15, 0.2) is 10.9 Å². The Morgan fingerprint density at radius 3 is 2.83 bits per heavy atom. The summed E-state index contributed by atoms with van der Waals surface area (Å²) in [6, 6.07) is 9.45. The van der Waals surface area contributed by atoms with Gasteiger partial charge < -0.3 is 5.11 Å². The maximum absolute atomic E-state index is 10.8. The van der Waals surface area contributed by atoms with Crippen LogP contribution in [0.1, 0.15) is 21.6 Å². The van der Waals surface area contributed by atoms with E-state index in [-0.39, 0.29) is 5.69 Å². The molecule has 0 saturated heterocycles. The fraction of sp³-hybridized carbons (Fsp3) is 0.154. The average molecular weight is 260 g/mol. The van der Waals surface area contributed by atoms with E-state index in [4.69, 9.17) is 5.11 Å². The maximum Gasteiger partial charge on any atom is 0.354 e. The quantitative estimate of drug-likeness (QED) is 0.676. The monoisotopic (exact) mass is 260 g/mol. The van der Waals surface area contributed by atoms with Crippen molar-refractivity contribution in [3.05, 3.63) is 53.3 Å². The Kier molecular flexibility index (Phi) is 3.94. The zero-order valence-electron chi connectivity index (χ0n) is 9.83. The molecule has 0 aliphatic rings. The van der Waals surface area contributed by atoms with Crippen molar-refractivity contribution in [2.45, 2.75) is 17.8 Å². The molecule has 18 heavy (non-hydrogen) atoms. The van der Waals surface area contributed by atoms with Gasteiger partial charge in [-0.3, -0.25) is 0 Å². The zero-order valence-corrected chi connectivity index (χ0v) is 10.6. The van der Waals surface area contributed by atoms with E-state index in [9.17, 15) is 4.79 Å². The molecule has 0 amide bonds. The number of carbonyl (C=O) groups is 1. The number of carboxylic acids is 1. The molecule has 4 nitrogen and oxygen atoms in total. The van der Waals surface area contributed by atoms with Crippen molar-refractivity contribution in [3.8, 4) is 0 Å². The second-order valence-corrected chi connectivity index (χ2v) is 4.69. The highest BCUT2D eigenvalue weighted by Crippen LogP contribution is 2.21. The molecule has 0 fully saturated rings. The van der Waals surface area contributed by atoms with Crippen LogP contribution < -0.4 is 0 Å². The summed E-state index contributed by atoms with van der Waals surface area (Å²) in [6.07, 6.45) is 1.47. The number of thioether (sulfide) groups is 1. The molecule has 0 saturated carbocycles. The molecule has 1 heterocycles. The van der Waals surface area contributed by atoms with Crippen molar-refractivity contribution < 1.29 is 9.90 Å². The number of hydrogen-bond donors (Lipinski definition) is 1. The largest absolute Gasteiger partial charge is 0.477 e. The highest BCUT2D eigenvalue weighted by molar-refractivity contribution is 7.98. The summed E-state index contributed by atoms with van der Waals surface area (Å²) in [7, 11) is 0. The molecule has 92 valence electrons. The van der Waals surface area contributed by atoms with Gasteiger partial charge in [0.25, 0.3) is 0 Å². The molecule has 0 radical (unpaired) electrons. The lowest BCUT2D eigenvalue weighted by molar-refractivity contribution is 0.0689. The molecule has 5 heteroatoms. The van der Waals surface area contributed by atoms with Gasteiger partial charge in [0, 0.05) is 11.9 Å². The number of rotatable bonds is 4. The molecule has 0 spiro atoms. The SMILES string of the molecule is Cc1ccccc1CSc1nccc(C(=O)O)n1. The highest BCUT2D eigenvalue weighted by atomic mass is 32.2. The number of carboxylic acid groups (broad SMARTS) is 1. The molecule has 1 aromatic carbocycles. The summed E-state index contributed by atoms with van der Waals surface area (Å²) < 4.78 is 0. The van der Waals surface area contributed by atoms with Crippen molar-refractivity contribution in [2.75, 3.05) is 0 Å². The van der Waals surface area contributed by atoms with Crippen molar-refractivity contribution in [1.82, 2.24) is 9.97 Å². The third kappa shape index (κ3) is 3.07. The number of aromatic carboxylic acids is 1. The minimum absolute atomic E-state index is 0.0253. The first-order chi connectivity index (χ1) is 8.66. The molecule has 2 aromatic rings. The number of hydrogen-bond acceptors (Lipinski definition) is 4. The summed E-state index contributed by atoms with van der Waals surface area (Å²) in [4.78, 5) is 18.8. The van der Waals surface area contributed by atoms with Gasteiger partial charge in [0.05, 0.1) is 0 Å². The normalized spacial score (nSPS) is 10.3. The van der Waals surface area contributed by atoms with Crippen LogP contribution in [0.15, 0.2) is 41.7 Å². The van der Waals surface area contributed by atoms with E-state index in [1.54, 1.807) is 0 Å². The third-order valence-corrected chi connectivity index (χ3v) is 3.38. The highest BCUT2D eigenvalue weighted by Gasteiger charge is 2.07. The van der Waals surface area contributed by atoms with Crippen LogP contribution in [0, 0.1) is 6.92 Å². The fourth-order valence-electron chi connectivity index (χ4n) is 1.44. The Labute approximate surface area is 109 Å². The first-order valence-electron chi connectivity index (χ1n) is 5.40. The van der Waals surface area contributed by atoms with Crippen LogP contribution in [0.4, 0.5) is 0 Å². The second kappa shape index (κ2) is 5.64. The fourth-order valence-corrected chi connectivity index (χ4v) is 2.35. The van der Waals surface area contributed by atoms with Gasteiger partial charge in [-0.15, -0.1) is 0 Å². The van der Waals surface area contributed by atoms with Gasteiger partial charge in [0.2, 0.25) is 0 Å². The lowest BCUT2D eigenvalue weighted by Gasteiger charge is -2.04. The van der Waals surface area contributed by atoms with Crippen molar-refractivity contribution in [3.63, 3.8) is 0 Å². The van der Waals surface area contributed by atoms with E-state index in [1.807, 2.05) is 31.2 Å². The van der Waals surface area contributed by atoms with E-state index >= 15 is 0 Å². The lowest BCUT2D eigenvalue weighted by atomic mass is 10.1. The summed E-state index contributed by atoms with van der Waals surface area (Å²) in [5.41, 5.74) is 2.43. The van der Waals surface area contributed by atoms with Crippen LogP contribution in [0.25, 0.3) is 0 Å². The van der Waals surface area contributed by atoms with E-state index in [0.29, 0.717) is 5.16 Å². The molecule has 2 rings (SSSR count). The summed E-state index contributed by atoms with van der Waals surface area (Å²) in [5, 5.41) is 9.32. The van der Waals surface area contributed by atoms with E-state index in [1.165, 1.54) is 35.2 Å². The van der Waals surface area contributed by atoms with Crippen molar-refractivity contribution in [2.24, 2.45) is 0 Å². The number of benzene rings is 1. The van der Waals surface area contributed by atoms with Crippen molar-refractivity contribution in [1.29, 1.82) is 0 Å². The van der Waals surface area contributed by atoms with Crippen LogP contribution in [-0.2, 0) is 5.75 Å².